The Balaban J connectivity index is 1.46. The number of ether oxygens (including phenoxy) is 1. The lowest BCUT2D eigenvalue weighted by atomic mass is 9.93. The van der Waals surface area contributed by atoms with Crippen LogP contribution in [0.15, 0.2) is 59.4 Å². The molecule has 0 unspecified atom stereocenters. The van der Waals surface area contributed by atoms with Gasteiger partial charge in [-0.15, -0.1) is 11.3 Å². The van der Waals surface area contributed by atoms with E-state index in [0.717, 1.165) is 44.1 Å². The Morgan fingerprint density at radius 2 is 1.69 bits per heavy atom. The highest BCUT2D eigenvalue weighted by atomic mass is 35.5. The molecule has 5 nitrogen and oxygen atoms in total. The zero-order valence-electron chi connectivity index (χ0n) is 19.7. The molecule has 0 spiro atoms. The lowest BCUT2D eigenvalue weighted by Crippen LogP contribution is -2.47. The number of halogens is 1. The van der Waals surface area contributed by atoms with Crippen LogP contribution in [0.4, 0.5) is 0 Å². The van der Waals surface area contributed by atoms with Crippen LogP contribution in [0.3, 0.4) is 0 Å². The highest BCUT2D eigenvalue weighted by Gasteiger charge is 2.22. The van der Waals surface area contributed by atoms with Crippen LogP contribution in [-0.2, 0) is 12.8 Å². The molecule has 7 heteroatoms. The van der Waals surface area contributed by atoms with Gasteiger partial charge in [-0.1, -0.05) is 29.8 Å². The van der Waals surface area contributed by atoms with E-state index in [4.69, 9.17) is 22.1 Å². The SMILES string of the molecule is Cc1cc(CCCOc2ccc3c(=O)c4cc(CCC(N)(CO)CO)ccc4sc3c2)ccc1Cl. The highest BCUT2D eigenvalue weighted by Crippen LogP contribution is 2.29. The molecule has 0 atom stereocenters. The Kier molecular flexibility index (Phi) is 8.09. The minimum Gasteiger partial charge on any atom is -0.494 e. The van der Waals surface area contributed by atoms with Crippen molar-refractivity contribution in [2.24, 2.45) is 5.73 Å². The number of hydrogen-bond donors (Lipinski definition) is 3. The summed E-state index contributed by atoms with van der Waals surface area (Å²) >= 11 is 7.66. The first kappa shape index (κ1) is 25.6. The number of hydrogen-bond acceptors (Lipinski definition) is 6. The van der Waals surface area contributed by atoms with Crippen LogP contribution < -0.4 is 15.9 Å². The van der Waals surface area contributed by atoms with Crippen LogP contribution >= 0.6 is 22.9 Å². The van der Waals surface area contributed by atoms with Gasteiger partial charge in [-0.2, -0.15) is 0 Å². The number of aliphatic hydroxyl groups is 2. The largest absolute Gasteiger partial charge is 0.494 e. The normalized spacial score (nSPS) is 11.9. The minimum atomic E-state index is -1.02. The second-order valence-electron chi connectivity index (χ2n) is 9.13. The van der Waals surface area contributed by atoms with Gasteiger partial charge in [-0.05, 0) is 85.7 Å². The standard InChI is InChI=1S/C28H30ClNO4S/c1-18-13-19(4-8-24(18)29)3-2-12-34-21-6-7-22-26(15-21)35-25-9-5-20(14-23(25)27(22)33)10-11-28(30,16-31)17-32/h4-9,13-15,31-32H,2-3,10-12,16-17,30H2,1H3. The van der Waals surface area contributed by atoms with Crippen molar-refractivity contribution < 1.29 is 14.9 Å². The molecule has 1 aromatic heterocycles. The van der Waals surface area contributed by atoms with Gasteiger partial charge in [-0.25, -0.2) is 0 Å². The van der Waals surface area contributed by atoms with Crippen molar-refractivity contribution in [1.82, 2.24) is 0 Å². The number of fused-ring (bicyclic) bond motifs is 2. The quantitative estimate of drug-likeness (QED) is 0.206. The molecule has 0 fully saturated rings. The molecule has 35 heavy (non-hydrogen) atoms. The summed E-state index contributed by atoms with van der Waals surface area (Å²) in [5, 5.41) is 20.9. The van der Waals surface area contributed by atoms with E-state index in [9.17, 15) is 15.0 Å². The van der Waals surface area contributed by atoms with Crippen molar-refractivity contribution in [3.8, 4) is 5.75 Å². The molecule has 3 aromatic carbocycles. The molecule has 0 radical (unpaired) electrons. The molecule has 0 aliphatic rings. The third-order valence-corrected chi connectivity index (χ3v) is 7.91. The first-order valence-electron chi connectivity index (χ1n) is 11.7. The fraction of sp³-hybridized carbons (Fsp3) is 0.321. The Hall–Kier alpha value is -2.48. The average molecular weight is 512 g/mol. The van der Waals surface area contributed by atoms with Gasteiger partial charge >= 0.3 is 0 Å². The predicted molar refractivity (Wildman–Crippen MR) is 145 cm³/mol. The summed E-state index contributed by atoms with van der Waals surface area (Å²) in [5.74, 6) is 0.753. The molecular weight excluding hydrogens is 482 g/mol. The Morgan fingerprint density at radius 1 is 0.943 bits per heavy atom. The molecule has 4 aromatic rings. The molecule has 4 rings (SSSR count). The first-order chi connectivity index (χ1) is 16.8. The van der Waals surface area contributed by atoms with Crippen LogP contribution in [0.5, 0.6) is 5.75 Å². The van der Waals surface area contributed by atoms with Crippen LogP contribution in [0.2, 0.25) is 5.02 Å². The lowest BCUT2D eigenvalue weighted by Gasteiger charge is -2.24. The van der Waals surface area contributed by atoms with Crippen LogP contribution in [0.25, 0.3) is 20.2 Å². The van der Waals surface area contributed by atoms with Crippen molar-refractivity contribution in [3.05, 3.63) is 86.5 Å². The number of benzene rings is 3. The second kappa shape index (κ2) is 11.1. The molecule has 0 aliphatic carbocycles. The van der Waals surface area contributed by atoms with Gasteiger partial charge in [0.1, 0.15) is 5.75 Å². The number of rotatable bonds is 10. The van der Waals surface area contributed by atoms with Crippen molar-refractivity contribution in [3.63, 3.8) is 0 Å². The van der Waals surface area contributed by atoms with E-state index < -0.39 is 5.54 Å². The summed E-state index contributed by atoms with van der Waals surface area (Å²) in [5.41, 5.74) is 8.22. The van der Waals surface area contributed by atoms with E-state index in [1.165, 1.54) is 5.56 Å². The maximum Gasteiger partial charge on any atom is 0.195 e. The Morgan fingerprint density at radius 3 is 2.43 bits per heavy atom. The van der Waals surface area contributed by atoms with Crippen LogP contribution in [0, 0.1) is 6.92 Å². The average Bonchev–Trinajstić information content (AvgIpc) is 2.87. The maximum absolute atomic E-state index is 13.2. The third kappa shape index (κ3) is 6.02. The van der Waals surface area contributed by atoms with Gasteiger partial charge in [0.25, 0.3) is 0 Å². The number of aliphatic hydroxyl groups excluding tert-OH is 2. The van der Waals surface area contributed by atoms with Gasteiger partial charge < -0.3 is 20.7 Å². The predicted octanol–water partition coefficient (Wildman–Crippen LogP) is 5.00. The topological polar surface area (TPSA) is 92.8 Å². The third-order valence-electron chi connectivity index (χ3n) is 6.35. The molecule has 4 N–H and O–H groups in total. The molecule has 0 saturated heterocycles. The van der Waals surface area contributed by atoms with E-state index >= 15 is 0 Å². The van der Waals surface area contributed by atoms with Gasteiger partial charge in [0.05, 0.1) is 25.4 Å². The van der Waals surface area contributed by atoms with Crippen molar-refractivity contribution >= 4 is 43.1 Å². The fourth-order valence-corrected chi connectivity index (χ4v) is 5.26. The van der Waals surface area contributed by atoms with Crippen molar-refractivity contribution in [2.45, 2.75) is 38.1 Å². The summed E-state index contributed by atoms with van der Waals surface area (Å²) < 4.78 is 7.77. The van der Waals surface area contributed by atoms with E-state index in [-0.39, 0.29) is 18.6 Å². The lowest BCUT2D eigenvalue weighted by molar-refractivity contribution is 0.115. The summed E-state index contributed by atoms with van der Waals surface area (Å²) in [7, 11) is 0. The van der Waals surface area contributed by atoms with Gasteiger partial charge in [0, 0.05) is 25.2 Å². The van der Waals surface area contributed by atoms with Gasteiger partial charge in [-0.3, -0.25) is 4.79 Å². The smallest absolute Gasteiger partial charge is 0.195 e. The molecule has 0 bridgehead atoms. The summed E-state index contributed by atoms with van der Waals surface area (Å²) in [4.78, 5) is 13.2. The monoisotopic (exact) mass is 511 g/mol. The summed E-state index contributed by atoms with van der Waals surface area (Å²) in [6.07, 6.45) is 2.79. The van der Waals surface area contributed by atoms with E-state index in [2.05, 4.69) is 6.07 Å². The Bertz CT molecular complexity index is 1400. The van der Waals surface area contributed by atoms with Gasteiger partial charge in [0.15, 0.2) is 5.43 Å². The molecule has 0 aliphatic heterocycles. The van der Waals surface area contributed by atoms with Crippen molar-refractivity contribution in [2.75, 3.05) is 19.8 Å². The molecular formula is C28H30ClNO4S. The zero-order valence-corrected chi connectivity index (χ0v) is 21.3. The highest BCUT2D eigenvalue weighted by molar-refractivity contribution is 7.24. The molecule has 1 heterocycles. The van der Waals surface area contributed by atoms with Gasteiger partial charge in [0.2, 0.25) is 0 Å². The minimum absolute atomic E-state index is 0.0106. The summed E-state index contributed by atoms with van der Waals surface area (Å²) in [6, 6.07) is 17.5. The molecule has 0 saturated carbocycles. The fourth-order valence-electron chi connectivity index (χ4n) is 4.06. The van der Waals surface area contributed by atoms with Crippen LogP contribution in [0.1, 0.15) is 29.5 Å². The Labute approximate surface area is 213 Å². The number of nitrogens with two attached hydrogens (primary N) is 1. The molecule has 0 amide bonds. The first-order valence-corrected chi connectivity index (χ1v) is 12.9. The maximum atomic E-state index is 13.2. The summed E-state index contributed by atoms with van der Waals surface area (Å²) in [6.45, 7) is 2.01. The second-order valence-corrected chi connectivity index (χ2v) is 10.6. The van der Waals surface area contributed by atoms with E-state index in [1.807, 2.05) is 55.5 Å². The van der Waals surface area contributed by atoms with Crippen LogP contribution in [-0.4, -0.2) is 35.6 Å². The van der Waals surface area contributed by atoms with E-state index in [0.29, 0.717) is 30.2 Å². The van der Waals surface area contributed by atoms with Crippen molar-refractivity contribution in [1.29, 1.82) is 0 Å². The van der Waals surface area contributed by atoms with E-state index in [1.54, 1.807) is 11.3 Å². The molecule has 184 valence electrons. The number of aryl methyl sites for hydroxylation is 3. The zero-order chi connectivity index (χ0) is 25.0.